The molecule has 1 N–H and O–H groups in total. The molecule has 0 bridgehead atoms. The van der Waals surface area contributed by atoms with Crippen LogP contribution in [-0.2, 0) is 0 Å². The second-order valence-electron chi connectivity index (χ2n) is 2.77. The average molecular weight is 280 g/mol. The summed E-state index contributed by atoms with van der Waals surface area (Å²) in [5.41, 5.74) is 0.956. The first-order chi connectivity index (χ1) is 7.28. The van der Waals surface area contributed by atoms with Crippen LogP contribution in [0.4, 0.5) is 10.8 Å². The van der Waals surface area contributed by atoms with Gasteiger partial charge in [0.05, 0.1) is 6.20 Å². The van der Waals surface area contributed by atoms with Gasteiger partial charge in [-0.3, -0.25) is 0 Å². The van der Waals surface area contributed by atoms with Crippen molar-refractivity contribution >= 4 is 38.1 Å². The smallest absolute Gasteiger partial charge is 0.188 e. The van der Waals surface area contributed by atoms with Crippen LogP contribution < -0.4 is 5.32 Å². The van der Waals surface area contributed by atoms with Crippen molar-refractivity contribution in [2.45, 2.75) is 0 Å². The largest absolute Gasteiger partial charge is 0.332 e. The van der Waals surface area contributed by atoms with Gasteiger partial charge in [0, 0.05) is 10.2 Å². The Morgan fingerprint density at radius 3 is 2.67 bits per heavy atom. The van der Waals surface area contributed by atoms with Crippen molar-refractivity contribution in [2.75, 3.05) is 5.32 Å². The summed E-state index contributed by atoms with van der Waals surface area (Å²) in [6.45, 7) is 0. The molecule has 0 aliphatic rings. The van der Waals surface area contributed by atoms with E-state index in [1.54, 1.807) is 6.20 Å². The maximum atomic E-state index is 8.64. The molecule has 74 valence electrons. The highest BCUT2D eigenvalue weighted by molar-refractivity contribution is 9.10. The lowest BCUT2D eigenvalue weighted by molar-refractivity contribution is 1.38. The molecule has 0 aliphatic heterocycles. The fourth-order valence-electron chi connectivity index (χ4n) is 1.04. The molecular weight excluding hydrogens is 274 g/mol. The van der Waals surface area contributed by atoms with Crippen LogP contribution in [0.25, 0.3) is 0 Å². The number of anilines is 2. The predicted molar refractivity (Wildman–Crippen MR) is 64.3 cm³/mol. The summed E-state index contributed by atoms with van der Waals surface area (Å²) in [5.74, 6) is 0. The number of nitrogens with one attached hydrogen (secondary N) is 1. The Morgan fingerprint density at radius 1 is 1.33 bits per heavy atom. The number of aromatic nitrogens is 1. The zero-order chi connectivity index (χ0) is 10.7. The van der Waals surface area contributed by atoms with Crippen LogP contribution in [0, 0.1) is 11.3 Å². The molecule has 1 aromatic carbocycles. The van der Waals surface area contributed by atoms with E-state index in [0.29, 0.717) is 4.88 Å². The van der Waals surface area contributed by atoms with Crippen LogP contribution >= 0.6 is 27.3 Å². The lowest BCUT2D eigenvalue weighted by atomic mass is 10.3. The molecule has 0 unspecified atom stereocenters. The minimum Gasteiger partial charge on any atom is -0.332 e. The molecule has 5 heteroatoms. The Balaban J connectivity index is 2.15. The molecule has 0 atom stereocenters. The summed E-state index contributed by atoms with van der Waals surface area (Å²) >= 11 is 4.70. The van der Waals surface area contributed by atoms with Crippen LogP contribution in [0.1, 0.15) is 4.88 Å². The number of halogens is 1. The van der Waals surface area contributed by atoms with Gasteiger partial charge in [-0.1, -0.05) is 27.3 Å². The van der Waals surface area contributed by atoms with Crippen molar-refractivity contribution in [1.29, 1.82) is 5.26 Å². The Kier molecular flexibility index (Phi) is 2.99. The van der Waals surface area contributed by atoms with Crippen molar-refractivity contribution < 1.29 is 0 Å². The first-order valence-electron chi connectivity index (χ1n) is 4.16. The lowest BCUT2D eigenvalue weighted by Crippen LogP contribution is -1.87. The Bertz CT molecular complexity index is 498. The van der Waals surface area contributed by atoms with Gasteiger partial charge in [-0.2, -0.15) is 5.26 Å². The zero-order valence-corrected chi connectivity index (χ0v) is 9.97. The highest BCUT2D eigenvalue weighted by Crippen LogP contribution is 2.22. The molecule has 2 rings (SSSR count). The van der Waals surface area contributed by atoms with Gasteiger partial charge in [-0.05, 0) is 24.3 Å². The van der Waals surface area contributed by atoms with Crippen molar-refractivity contribution in [3.63, 3.8) is 0 Å². The van der Waals surface area contributed by atoms with Crippen molar-refractivity contribution in [3.8, 4) is 6.07 Å². The number of nitriles is 1. The molecule has 15 heavy (non-hydrogen) atoms. The fourth-order valence-corrected chi connectivity index (χ4v) is 1.94. The third kappa shape index (κ3) is 2.55. The highest BCUT2D eigenvalue weighted by atomic mass is 79.9. The van der Waals surface area contributed by atoms with Gasteiger partial charge in [0.25, 0.3) is 0 Å². The summed E-state index contributed by atoms with van der Waals surface area (Å²) in [6, 6.07) is 9.83. The van der Waals surface area contributed by atoms with Crippen molar-refractivity contribution in [3.05, 3.63) is 39.8 Å². The van der Waals surface area contributed by atoms with Gasteiger partial charge < -0.3 is 5.32 Å². The number of hydrogen-bond acceptors (Lipinski definition) is 4. The molecule has 0 fully saturated rings. The van der Waals surface area contributed by atoms with E-state index in [9.17, 15) is 0 Å². The van der Waals surface area contributed by atoms with Crippen LogP contribution in [-0.4, -0.2) is 4.98 Å². The molecule has 0 spiro atoms. The molecular formula is C10H6BrN3S. The molecule has 0 saturated carbocycles. The summed E-state index contributed by atoms with van der Waals surface area (Å²) < 4.78 is 1.03. The third-order valence-corrected chi connectivity index (χ3v) is 3.06. The van der Waals surface area contributed by atoms with Gasteiger partial charge in [0.15, 0.2) is 5.13 Å². The second kappa shape index (κ2) is 4.43. The molecule has 0 radical (unpaired) electrons. The van der Waals surface area contributed by atoms with E-state index < -0.39 is 0 Å². The van der Waals surface area contributed by atoms with E-state index >= 15 is 0 Å². The molecule has 0 aliphatic carbocycles. The summed E-state index contributed by atoms with van der Waals surface area (Å²) in [6.07, 6.45) is 1.56. The maximum absolute atomic E-state index is 8.64. The summed E-state index contributed by atoms with van der Waals surface area (Å²) in [4.78, 5) is 4.68. The van der Waals surface area contributed by atoms with E-state index in [1.807, 2.05) is 24.3 Å². The van der Waals surface area contributed by atoms with Gasteiger partial charge in [0.1, 0.15) is 10.9 Å². The highest BCUT2D eigenvalue weighted by Gasteiger charge is 2.00. The molecule has 0 amide bonds. The number of thiazole rings is 1. The van der Waals surface area contributed by atoms with Crippen LogP contribution in [0.2, 0.25) is 0 Å². The number of nitrogens with zero attached hydrogens (tertiary/aromatic N) is 2. The Morgan fingerprint density at radius 2 is 2.07 bits per heavy atom. The average Bonchev–Trinajstić information content (AvgIpc) is 2.69. The SMILES string of the molecule is N#Cc1cnc(Nc2ccc(Br)cc2)s1. The standard InChI is InChI=1S/C10H6BrN3S/c11-7-1-3-8(4-2-7)14-10-13-6-9(5-12)15-10/h1-4,6H,(H,13,14). The van der Waals surface area contributed by atoms with E-state index in [0.717, 1.165) is 15.3 Å². The molecule has 0 saturated heterocycles. The maximum Gasteiger partial charge on any atom is 0.188 e. The van der Waals surface area contributed by atoms with E-state index in [1.165, 1.54) is 11.3 Å². The van der Waals surface area contributed by atoms with Crippen LogP contribution in [0.5, 0.6) is 0 Å². The second-order valence-corrected chi connectivity index (χ2v) is 4.72. The van der Waals surface area contributed by atoms with E-state index in [2.05, 4.69) is 32.3 Å². The number of rotatable bonds is 2. The van der Waals surface area contributed by atoms with Crippen LogP contribution in [0.3, 0.4) is 0 Å². The van der Waals surface area contributed by atoms with Gasteiger partial charge in [0.2, 0.25) is 0 Å². The van der Waals surface area contributed by atoms with Crippen molar-refractivity contribution in [1.82, 2.24) is 4.98 Å². The third-order valence-electron chi connectivity index (χ3n) is 1.71. The van der Waals surface area contributed by atoms with Gasteiger partial charge in [-0.15, -0.1) is 0 Å². The minimum absolute atomic E-state index is 0.606. The minimum atomic E-state index is 0.606. The topological polar surface area (TPSA) is 48.7 Å². The molecule has 1 heterocycles. The number of hydrogen-bond donors (Lipinski definition) is 1. The van der Waals surface area contributed by atoms with Gasteiger partial charge in [-0.25, -0.2) is 4.98 Å². The molecule has 2 aromatic rings. The van der Waals surface area contributed by atoms with Crippen molar-refractivity contribution in [2.24, 2.45) is 0 Å². The Labute approximate surface area is 99.5 Å². The molecule has 1 aromatic heterocycles. The quantitative estimate of drug-likeness (QED) is 0.915. The van der Waals surface area contributed by atoms with Crippen LogP contribution in [0.15, 0.2) is 34.9 Å². The fraction of sp³-hybridized carbons (Fsp3) is 0. The van der Waals surface area contributed by atoms with E-state index in [-0.39, 0.29) is 0 Å². The first kappa shape index (κ1) is 10.1. The molecule has 3 nitrogen and oxygen atoms in total. The Hall–Kier alpha value is -1.38. The normalized spacial score (nSPS) is 9.60. The monoisotopic (exact) mass is 279 g/mol. The number of benzene rings is 1. The zero-order valence-electron chi connectivity index (χ0n) is 7.57. The van der Waals surface area contributed by atoms with E-state index in [4.69, 9.17) is 5.26 Å². The summed E-state index contributed by atoms with van der Waals surface area (Å²) in [5, 5.41) is 12.5. The van der Waals surface area contributed by atoms with Gasteiger partial charge >= 0.3 is 0 Å². The first-order valence-corrected chi connectivity index (χ1v) is 5.77. The lowest BCUT2D eigenvalue weighted by Gasteiger charge is -2.01. The summed E-state index contributed by atoms with van der Waals surface area (Å²) in [7, 11) is 0. The predicted octanol–water partition coefficient (Wildman–Crippen LogP) is 3.52.